The van der Waals surface area contributed by atoms with Gasteiger partial charge in [-0.2, -0.15) is 0 Å². The molecular formula is C31H36N4O3. The molecule has 7 nitrogen and oxygen atoms in total. The van der Waals surface area contributed by atoms with E-state index in [1.54, 1.807) is 13.4 Å². The van der Waals surface area contributed by atoms with E-state index in [0.29, 0.717) is 5.92 Å². The summed E-state index contributed by atoms with van der Waals surface area (Å²) in [5, 5.41) is 0. The van der Waals surface area contributed by atoms with Crippen LogP contribution < -0.4 is 9.64 Å². The van der Waals surface area contributed by atoms with Crippen LogP contribution in [0.4, 0.5) is 5.69 Å². The van der Waals surface area contributed by atoms with Crippen molar-refractivity contribution in [2.45, 2.75) is 38.6 Å². The van der Waals surface area contributed by atoms with Crippen molar-refractivity contribution >= 4 is 17.7 Å². The van der Waals surface area contributed by atoms with E-state index in [0.717, 1.165) is 74.0 Å². The van der Waals surface area contributed by atoms with Crippen LogP contribution >= 0.6 is 0 Å². The zero-order valence-corrected chi connectivity index (χ0v) is 22.3. The van der Waals surface area contributed by atoms with Gasteiger partial charge in [-0.15, -0.1) is 0 Å². The minimum atomic E-state index is 0.145. The molecule has 1 atom stereocenters. The molecule has 0 N–H and O–H groups in total. The largest absolute Gasteiger partial charge is 0.495 e. The Bertz CT molecular complexity index is 1320. The van der Waals surface area contributed by atoms with E-state index in [9.17, 15) is 4.79 Å². The average Bonchev–Trinajstić information content (AvgIpc) is 3.70. The van der Waals surface area contributed by atoms with Crippen molar-refractivity contribution in [3.8, 4) is 11.4 Å². The fraction of sp³-hybridized carbons (Fsp3) is 0.419. The molecule has 0 unspecified atom stereocenters. The SMILES string of the molecule is COc1cc(C=C2CCCN([C@@H](c3ccc(N4CCOCC4)cc3)C3CC3)C2=O)ccc1-n1cnc(C)c1. The topological polar surface area (TPSA) is 59.8 Å². The lowest BCUT2D eigenvalue weighted by Crippen LogP contribution is -2.40. The van der Waals surface area contributed by atoms with E-state index in [-0.39, 0.29) is 11.9 Å². The number of methoxy groups -OCH3 is 1. The first-order valence-corrected chi connectivity index (χ1v) is 13.7. The number of hydrogen-bond acceptors (Lipinski definition) is 5. The Morgan fingerprint density at radius 3 is 2.55 bits per heavy atom. The molecule has 3 aliphatic rings. The number of anilines is 1. The van der Waals surface area contributed by atoms with Gasteiger partial charge in [0.25, 0.3) is 0 Å². The van der Waals surface area contributed by atoms with Gasteiger partial charge < -0.3 is 23.8 Å². The van der Waals surface area contributed by atoms with Gasteiger partial charge in [-0.1, -0.05) is 18.2 Å². The Hall–Kier alpha value is -3.58. The fourth-order valence-corrected chi connectivity index (χ4v) is 5.81. The van der Waals surface area contributed by atoms with Crippen molar-refractivity contribution in [1.82, 2.24) is 14.5 Å². The molecule has 0 radical (unpaired) electrons. The highest BCUT2D eigenvalue weighted by atomic mass is 16.5. The number of morpholine rings is 1. The van der Waals surface area contributed by atoms with Crippen LogP contribution in [0.2, 0.25) is 0 Å². The molecule has 38 heavy (non-hydrogen) atoms. The number of ether oxygens (including phenoxy) is 2. The third-order valence-corrected chi connectivity index (χ3v) is 7.93. The van der Waals surface area contributed by atoms with Gasteiger partial charge in [-0.05, 0) is 80.0 Å². The van der Waals surface area contributed by atoms with Crippen molar-refractivity contribution in [2.75, 3.05) is 44.9 Å². The molecule has 198 valence electrons. The van der Waals surface area contributed by atoms with Crippen molar-refractivity contribution in [1.29, 1.82) is 0 Å². The lowest BCUT2D eigenvalue weighted by atomic mass is 9.94. The molecule has 1 aromatic heterocycles. The predicted octanol–water partition coefficient (Wildman–Crippen LogP) is 5.18. The molecule has 3 fully saturated rings. The average molecular weight is 513 g/mol. The van der Waals surface area contributed by atoms with E-state index in [1.165, 1.54) is 24.1 Å². The maximum absolute atomic E-state index is 13.8. The van der Waals surface area contributed by atoms with E-state index in [1.807, 2.05) is 35.9 Å². The first-order valence-electron chi connectivity index (χ1n) is 13.7. The van der Waals surface area contributed by atoms with Gasteiger partial charge in [0, 0.05) is 37.1 Å². The summed E-state index contributed by atoms with van der Waals surface area (Å²) in [6.07, 6.45) is 9.97. The number of carbonyl (C=O) groups excluding carboxylic acids is 1. The second kappa shape index (κ2) is 10.7. The van der Waals surface area contributed by atoms with Crippen LogP contribution in [0.1, 0.15) is 48.5 Å². The van der Waals surface area contributed by atoms with Crippen LogP contribution in [0.25, 0.3) is 11.8 Å². The van der Waals surface area contributed by atoms with Crippen LogP contribution in [-0.4, -0.2) is 60.3 Å². The van der Waals surface area contributed by atoms with E-state index < -0.39 is 0 Å². The van der Waals surface area contributed by atoms with E-state index in [4.69, 9.17) is 9.47 Å². The smallest absolute Gasteiger partial charge is 0.250 e. The summed E-state index contributed by atoms with van der Waals surface area (Å²) in [5.74, 6) is 1.47. The summed E-state index contributed by atoms with van der Waals surface area (Å²) >= 11 is 0. The Kier molecular flexibility index (Phi) is 6.94. The normalized spacial score (nSPS) is 20.2. The number of aromatic nitrogens is 2. The number of nitrogens with zero attached hydrogens (tertiary/aromatic N) is 4. The van der Waals surface area contributed by atoms with E-state index >= 15 is 0 Å². The van der Waals surface area contributed by atoms with Gasteiger partial charge in [-0.3, -0.25) is 4.79 Å². The van der Waals surface area contributed by atoms with Crippen LogP contribution in [-0.2, 0) is 9.53 Å². The number of rotatable bonds is 7. The lowest BCUT2D eigenvalue weighted by Gasteiger charge is -2.37. The molecule has 3 heterocycles. The van der Waals surface area contributed by atoms with Gasteiger partial charge in [0.05, 0.1) is 44.1 Å². The molecule has 2 aromatic carbocycles. The minimum Gasteiger partial charge on any atom is -0.495 e. The van der Waals surface area contributed by atoms with Gasteiger partial charge in [0.2, 0.25) is 5.91 Å². The molecule has 2 aliphatic heterocycles. The third kappa shape index (κ3) is 5.07. The fourth-order valence-electron chi connectivity index (χ4n) is 5.81. The molecule has 0 bridgehead atoms. The molecule has 6 rings (SSSR count). The summed E-state index contributed by atoms with van der Waals surface area (Å²) in [4.78, 5) is 22.7. The second-order valence-electron chi connectivity index (χ2n) is 10.6. The molecule has 3 aromatic rings. The quantitative estimate of drug-likeness (QED) is 0.408. The highest BCUT2D eigenvalue weighted by molar-refractivity contribution is 5.99. The summed E-state index contributed by atoms with van der Waals surface area (Å²) in [5.41, 5.74) is 6.22. The van der Waals surface area contributed by atoms with Gasteiger partial charge in [0.1, 0.15) is 5.75 Å². The van der Waals surface area contributed by atoms with Crippen LogP contribution in [0.5, 0.6) is 5.75 Å². The molecule has 2 saturated heterocycles. The number of aryl methyl sites for hydroxylation is 1. The Labute approximate surface area is 224 Å². The number of piperidine rings is 1. The molecule has 7 heteroatoms. The Morgan fingerprint density at radius 2 is 1.87 bits per heavy atom. The van der Waals surface area contributed by atoms with Crippen LogP contribution in [0.15, 0.2) is 60.6 Å². The number of carbonyl (C=O) groups is 1. The molecule has 1 saturated carbocycles. The lowest BCUT2D eigenvalue weighted by molar-refractivity contribution is -0.131. The van der Waals surface area contributed by atoms with E-state index in [2.05, 4.69) is 45.1 Å². The highest BCUT2D eigenvalue weighted by Gasteiger charge is 2.40. The molecule has 1 amide bonds. The maximum Gasteiger partial charge on any atom is 0.250 e. The summed E-state index contributed by atoms with van der Waals surface area (Å²) in [6, 6.07) is 15.1. The summed E-state index contributed by atoms with van der Waals surface area (Å²) < 4.78 is 13.2. The first-order chi connectivity index (χ1) is 18.6. The maximum atomic E-state index is 13.8. The first kappa shape index (κ1) is 24.7. The number of imidazole rings is 1. The van der Waals surface area contributed by atoms with Crippen molar-refractivity contribution < 1.29 is 14.3 Å². The highest BCUT2D eigenvalue weighted by Crippen LogP contribution is 2.46. The van der Waals surface area contributed by atoms with Gasteiger partial charge in [-0.25, -0.2) is 4.98 Å². The predicted molar refractivity (Wildman–Crippen MR) is 149 cm³/mol. The van der Waals surface area contributed by atoms with Crippen LogP contribution in [0.3, 0.4) is 0 Å². The van der Waals surface area contributed by atoms with Crippen LogP contribution in [0, 0.1) is 12.8 Å². The Morgan fingerprint density at radius 1 is 1.08 bits per heavy atom. The number of amides is 1. The molecule has 0 spiro atoms. The second-order valence-corrected chi connectivity index (χ2v) is 10.6. The van der Waals surface area contributed by atoms with Crippen molar-refractivity contribution in [3.63, 3.8) is 0 Å². The molecule has 1 aliphatic carbocycles. The van der Waals surface area contributed by atoms with Gasteiger partial charge in [0.15, 0.2) is 0 Å². The standard InChI is InChI=1S/C31H36N4O3/c1-22-20-34(21-32-22)28-12-5-23(19-29(28)37-2)18-26-4-3-13-35(31(26)36)30(24-6-7-24)25-8-10-27(11-9-25)33-14-16-38-17-15-33/h5,8-12,18-21,24,30H,3-4,6-7,13-17H2,1-2H3/t30-/m1/s1. The number of benzene rings is 2. The third-order valence-electron chi connectivity index (χ3n) is 7.93. The number of likely N-dealkylation sites (tertiary alicyclic amines) is 1. The Balaban J connectivity index is 1.23. The zero-order chi connectivity index (χ0) is 26.1. The molecular weight excluding hydrogens is 476 g/mol. The summed E-state index contributed by atoms with van der Waals surface area (Å²) in [7, 11) is 1.68. The number of hydrogen-bond donors (Lipinski definition) is 0. The van der Waals surface area contributed by atoms with Gasteiger partial charge >= 0.3 is 0 Å². The summed E-state index contributed by atoms with van der Waals surface area (Å²) in [6.45, 7) is 6.19. The van der Waals surface area contributed by atoms with Crippen molar-refractivity contribution in [3.05, 3.63) is 77.4 Å². The minimum absolute atomic E-state index is 0.145. The zero-order valence-electron chi connectivity index (χ0n) is 22.3. The monoisotopic (exact) mass is 512 g/mol. The van der Waals surface area contributed by atoms with Crippen molar-refractivity contribution in [2.24, 2.45) is 5.92 Å².